The van der Waals surface area contributed by atoms with Gasteiger partial charge in [-0.3, -0.25) is 0 Å². The molecule has 39 heavy (non-hydrogen) atoms. The summed E-state index contributed by atoms with van der Waals surface area (Å²) in [5.41, 5.74) is 0. The lowest BCUT2D eigenvalue weighted by Crippen LogP contribution is -2.41. The van der Waals surface area contributed by atoms with Crippen LogP contribution in [0.15, 0.2) is 12.4 Å². The van der Waals surface area contributed by atoms with Gasteiger partial charge in [-0.15, -0.1) is 0 Å². The van der Waals surface area contributed by atoms with Crippen LogP contribution in [-0.2, 0) is 0 Å². The van der Waals surface area contributed by atoms with Crippen LogP contribution in [0.4, 0.5) is 0 Å². The van der Waals surface area contributed by atoms with Gasteiger partial charge in [0.05, 0.1) is 12.0 Å². The standard InChI is InChI=1S/C37H72N2/c1-5-8-11-14-16-18-19-21-23-26-29-32-36(31-28-24-13-10-7-3)37-38-33-34-39(37)35(4)30-27-25-22-20-17-15-12-9-6-2/h33-36H,5-32H2,1-4H3/p+1. The second kappa shape index (κ2) is 27.4. The first-order chi connectivity index (χ1) is 19.2. The highest BCUT2D eigenvalue weighted by atomic mass is 15.1. The molecule has 0 saturated carbocycles. The van der Waals surface area contributed by atoms with E-state index in [0.29, 0.717) is 12.0 Å². The fraction of sp³-hybridized carbons (Fsp3) is 0.919. The van der Waals surface area contributed by atoms with E-state index >= 15 is 0 Å². The Morgan fingerprint density at radius 3 is 1.21 bits per heavy atom. The van der Waals surface area contributed by atoms with Crippen LogP contribution in [0.3, 0.4) is 0 Å². The van der Waals surface area contributed by atoms with Gasteiger partial charge in [0.1, 0.15) is 12.4 Å². The van der Waals surface area contributed by atoms with Crippen LogP contribution in [0.5, 0.6) is 0 Å². The maximum absolute atomic E-state index is 3.73. The minimum atomic E-state index is 0.621. The summed E-state index contributed by atoms with van der Waals surface area (Å²) in [7, 11) is 0. The molecule has 2 atom stereocenters. The lowest BCUT2D eigenvalue weighted by Gasteiger charge is -2.17. The highest BCUT2D eigenvalue weighted by molar-refractivity contribution is 4.90. The smallest absolute Gasteiger partial charge is 0.247 e. The Morgan fingerprint density at radius 1 is 0.487 bits per heavy atom. The minimum Gasteiger partial charge on any atom is -0.247 e. The van der Waals surface area contributed by atoms with Crippen LogP contribution in [0.25, 0.3) is 0 Å². The number of aromatic nitrogens is 2. The molecule has 2 nitrogen and oxygen atoms in total. The highest BCUT2D eigenvalue weighted by Gasteiger charge is 2.25. The number of rotatable bonds is 30. The van der Waals surface area contributed by atoms with E-state index in [4.69, 9.17) is 0 Å². The van der Waals surface area contributed by atoms with Crippen molar-refractivity contribution in [1.82, 2.24) is 4.98 Å². The molecule has 0 bridgehead atoms. The zero-order valence-corrected chi connectivity index (χ0v) is 27.6. The van der Waals surface area contributed by atoms with Crippen LogP contribution in [0.1, 0.15) is 225 Å². The monoisotopic (exact) mass is 546 g/mol. The Labute approximate surface area is 246 Å². The fourth-order valence-corrected chi connectivity index (χ4v) is 6.43. The molecule has 0 saturated heterocycles. The molecule has 0 fully saturated rings. The van der Waals surface area contributed by atoms with Crippen molar-refractivity contribution in [1.29, 1.82) is 0 Å². The Morgan fingerprint density at radius 2 is 0.821 bits per heavy atom. The average Bonchev–Trinajstić information content (AvgIpc) is 3.44. The van der Waals surface area contributed by atoms with Gasteiger partial charge in [0.2, 0.25) is 0 Å². The van der Waals surface area contributed by atoms with Crippen LogP contribution in [0, 0.1) is 0 Å². The lowest BCUT2D eigenvalue weighted by atomic mass is 9.93. The maximum atomic E-state index is 3.73. The molecule has 1 N–H and O–H groups in total. The summed E-state index contributed by atoms with van der Waals surface area (Å²) in [6.45, 7) is 9.41. The quantitative estimate of drug-likeness (QED) is 0.0732. The summed E-state index contributed by atoms with van der Waals surface area (Å²) in [4.78, 5) is 3.73. The first-order valence-corrected chi connectivity index (χ1v) is 18.3. The molecule has 0 amide bonds. The molecule has 0 aliphatic heterocycles. The van der Waals surface area contributed by atoms with E-state index < -0.39 is 0 Å². The molecule has 0 aromatic carbocycles. The number of H-pyrrole nitrogens is 1. The van der Waals surface area contributed by atoms with Gasteiger partial charge < -0.3 is 0 Å². The van der Waals surface area contributed by atoms with E-state index in [0.717, 1.165) is 0 Å². The molecule has 1 rings (SSSR count). The summed E-state index contributed by atoms with van der Waals surface area (Å²) in [5, 5.41) is 0. The third-order valence-electron chi connectivity index (χ3n) is 9.14. The first-order valence-electron chi connectivity index (χ1n) is 18.3. The lowest BCUT2D eigenvalue weighted by molar-refractivity contribution is -0.727. The number of aromatic amines is 1. The molecule has 0 aliphatic rings. The SMILES string of the molecule is CCCCCCCCCCCCCC(CCCCCCC)c1[nH]cc[n+]1C(C)CCCCCCCCCCC. The fourth-order valence-electron chi connectivity index (χ4n) is 6.43. The Hall–Kier alpha value is -0.790. The van der Waals surface area contributed by atoms with Crippen molar-refractivity contribution < 1.29 is 4.57 Å². The molecule has 0 spiro atoms. The van der Waals surface area contributed by atoms with Crippen molar-refractivity contribution in [2.45, 2.75) is 219 Å². The van der Waals surface area contributed by atoms with Crippen molar-refractivity contribution in [3.8, 4) is 0 Å². The molecule has 1 aromatic rings. The van der Waals surface area contributed by atoms with Crippen LogP contribution in [-0.4, -0.2) is 4.98 Å². The predicted octanol–water partition coefficient (Wildman–Crippen LogP) is 12.9. The number of imidazole rings is 1. The van der Waals surface area contributed by atoms with Crippen LogP contribution >= 0.6 is 0 Å². The van der Waals surface area contributed by atoms with E-state index in [-0.39, 0.29) is 0 Å². The summed E-state index contributed by atoms with van der Waals surface area (Å²) in [5.74, 6) is 2.24. The number of hydrogen-bond acceptors (Lipinski definition) is 0. The molecular weight excluding hydrogens is 472 g/mol. The summed E-state index contributed by atoms with van der Waals surface area (Å²) >= 11 is 0. The first kappa shape index (κ1) is 36.2. The zero-order valence-electron chi connectivity index (χ0n) is 27.6. The zero-order chi connectivity index (χ0) is 28.2. The third kappa shape index (κ3) is 19.8. The van der Waals surface area contributed by atoms with Crippen molar-refractivity contribution in [3.05, 3.63) is 18.2 Å². The van der Waals surface area contributed by atoms with Gasteiger partial charge in [-0.1, -0.05) is 175 Å². The van der Waals surface area contributed by atoms with E-state index in [9.17, 15) is 0 Å². The Balaban J connectivity index is 2.39. The average molecular weight is 546 g/mol. The summed E-state index contributed by atoms with van der Waals surface area (Å²) in [6, 6.07) is 0.621. The predicted molar refractivity (Wildman–Crippen MR) is 175 cm³/mol. The molecule has 1 heterocycles. The van der Waals surface area contributed by atoms with E-state index in [1.54, 1.807) is 0 Å². The second-order valence-electron chi connectivity index (χ2n) is 12.9. The number of nitrogens with one attached hydrogen (secondary N) is 1. The van der Waals surface area contributed by atoms with Crippen LogP contribution in [0.2, 0.25) is 0 Å². The highest BCUT2D eigenvalue weighted by Crippen LogP contribution is 2.27. The Kier molecular flexibility index (Phi) is 25.4. The molecular formula is C37H73N2+. The van der Waals surface area contributed by atoms with E-state index in [1.165, 1.54) is 186 Å². The molecule has 1 aromatic heterocycles. The molecule has 0 radical (unpaired) electrons. The molecule has 230 valence electrons. The van der Waals surface area contributed by atoms with Crippen molar-refractivity contribution in [2.24, 2.45) is 0 Å². The number of nitrogens with zero attached hydrogens (tertiary/aromatic N) is 1. The number of hydrogen-bond donors (Lipinski definition) is 1. The van der Waals surface area contributed by atoms with Crippen molar-refractivity contribution in [3.63, 3.8) is 0 Å². The number of unbranched alkanes of at least 4 members (excludes halogenated alkanes) is 22. The van der Waals surface area contributed by atoms with Crippen molar-refractivity contribution >= 4 is 0 Å². The Bertz CT molecular complexity index is 606. The van der Waals surface area contributed by atoms with Gasteiger partial charge in [-0.2, -0.15) is 0 Å². The minimum absolute atomic E-state index is 0.621. The van der Waals surface area contributed by atoms with Gasteiger partial charge in [-0.25, -0.2) is 9.55 Å². The normalized spacial score (nSPS) is 13.2. The third-order valence-corrected chi connectivity index (χ3v) is 9.14. The van der Waals surface area contributed by atoms with Gasteiger partial charge in [0.15, 0.2) is 0 Å². The molecule has 2 heteroatoms. The molecule has 2 unspecified atom stereocenters. The van der Waals surface area contributed by atoms with Gasteiger partial charge in [-0.05, 0) is 32.6 Å². The maximum Gasteiger partial charge on any atom is 0.257 e. The van der Waals surface area contributed by atoms with Crippen molar-refractivity contribution in [2.75, 3.05) is 0 Å². The van der Waals surface area contributed by atoms with E-state index in [1.807, 2.05) is 0 Å². The van der Waals surface area contributed by atoms with E-state index in [2.05, 4.69) is 49.6 Å². The molecule has 0 aliphatic carbocycles. The topological polar surface area (TPSA) is 19.7 Å². The van der Waals surface area contributed by atoms with Crippen LogP contribution < -0.4 is 4.57 Å². The summed E-state index contributed by atoms with van der Waals surface area (Å²) < 4.78 is 2.62. The van der Waals surface area contributed by atoms with Gasteiger partial charge >= 0.3 is 0 Å². The van der Waals surface area contributed by atoms with Gasteiger partial charge in [0.25, 0.3) is 5.82 Å². The summed E-state index contributed by atoms with van der Waals surface area (Å²) in [6.07, 6.45) is 44.2. The second-order valence-corrected chi connectivity index (χ2v) is 12.9. The largest absolute Gasteiger partial charge is 0.257 e. The van der Waals surface area contributed by atoms with Gasteiger partial charge in [0, 0.05) is 0 Å².